The molecule has 0 bridgehead atoms. The lowest BCUT2D eigenvalue weighted by molar-refractivity contribution is 0.310. The quantitative estimate of drug-likeness (QED) is 0.853. The molecule has 1 saturated heterocycles. The summed E-state index contributed by atoms with van der Waals surface area (Å²) in [6, 6.07) is -0.0865. The van der Waals surface area contributed by atoms with Gasteiger partial charge >= 0.3 is 0 Å². The predicted octanol–water partition coefficient (Wildman–Crippen LogP) is 0.524. The van der Waals surface area contributed by atoms with Crippen molar-refractivity contribution in [3.05, 3.63) is 17.0 Å². The van der Waals surface area contributed by atoms with E-state index in [1.165, 1.54) is 31.2 Å². The number of fused-ring (bicyclic) bond motifs is 1. The molecule has 22 heavy (non-hydrogen) atoms. The van der Waals surface area contributed by atoms with E-state index in [1.807, 2.05) is 0 Å². The smallest absolute Gasteiger partial charge is 0.279 e. The Hall–Kier alpha value is -0.960. The Morgan fingerprint density at radius 2 is 2.09 bits per heavy atom. The first-order chi connectivity index (χ1) is 10.5. The maximum absolute atomic E-state index is 12.0. The third-order valence-electron chi connectivity index (χ3n) is 4.49. The maximum Gasteiger partial charge on any atom is 0.279 e. The van der Waals surface area contributed by atoms with Crippen LogP contribution < -0.4 is 4.72 Å². The number of aryl methyl sites for hydroxylation is 1. The minimum atomic E-state index is -3.40. The SMILES string of the molecule is CN(C)S(=O)(=O)NC1CCc2onc(CN3CCCC3)c2C1. The minimum absolute atomic E-state index is 0.0865. The molecule has 0 radical (unpaired) electrons. The van der Waals surface area contributed by atoms with Gasteiger partial charge in [0.25, 0.3) is 10.2 Å². The van der Waals surface area contributed by atoms with Gasteiger partial charge in [0.05, 0.1) is 0 Å². The summed E-state index contributed by atoms with van der Waals surface area (Å²) in [4.78, 5) is 2.38. The van der Waals surface area contributed by atoms with Crippen molar-refractivity contribution in [2.75, 3.05) is 27.2 Å². The van der Waals surface area contributed by atoms with Crippen LogP contribution >= 0.6 is 0 Å². The molecule has 1 aromatic heterocycles. The Kier molecular flexibility index (Phi) is 4.54. The van der Waals surface area contributed by atoms with E-state index in [2.05, 4.69) is 14.8 Å². The number of likely N-dealkylation sites (tertiary alicyclic amines) is 1. The van der Waals surface area contributed by atoms with Crippen LogP contribution in [0.5, 0.6) is 0 Å². The van der Waals surface area contributed by atoms with E-state index in [4.69, 9.17) is 4.52 Å². The number of nitrogens with zero attached hydrogens (tertiary/aromatic N) is 3. The van der Waals surface area contributed by atoms with Crippen LogP contribution in [0.2, 0.25) is 0 Å². The van der Waals surface area contributed by atoms with Gasteiger partial charge in [0, 0.05) is 38.7 Å². The van der Waals surface area contributed by atoms with E-state index in [1.54, 1.807) is 0 Å². The van der Waals surface area contributed by atoms with Gasteiger partial charge in [-0.25, -0.2) is 0 Å². The van der Waals surface area contributed by atoms with Crippen LogP contribution in [0.15, 0.2) is 4.52 Å². The summed E-state index contributed by atoms with van der Waals surface area (Å²) in [5.41, 5.74) is 2.08. The lowest BCUT2D eigenvalue weighted by Gasteiger charge is -2.24. The zero-order valence-corrected chi connectivity index (χ0v) is 14.0. The second-order valence-corrected chi connectivity index (χ2v) is 8.28. The molecule has 2 heterocycles. The second-order valence-electron chi connectivity index (χ2n) is 6.36. The molecular weight excluding hydrogens is 304 g/mol. The molecule has 1 atom stereocenters. The average Bonchev–Trinajstić information content (AvgIpc) is 3.09. The number of nitrogens with one attached hydrogen (secondary N) is 1. The van der Waals surface area contributed by atoms with Gasteiger partial charge in [-0.1, -0.05) is 5.16 Å². The number of rotatable bonds is 5. The van der Waals surface area contributed by atoms with Gasteiger partial charge in [-0.05, 0) is 38.8 Å². The van der Waals surface area contributed by atoms with E-state index in [0.717, 1.165) is 49.5 Å². The molecule has 1 N–H and O–H groups in total. The van der Waals surface area contributed by atoms with Crippen molar-refractivity contribution in [3.63, 3.8) is 0 Å². The molecule has 8 heteroatoms. The first kappa shape index (κ1) is 15.9. The van der Waals surface area contributed by atoms with Crippen LogP contribution in [0.1, 0.15) is 36.3 Å². The van der Waals surface area contributed by atoms with Crippen molar-refractivity contribution >= 4 is 10.2 Å². The molecule has 0 saturated carbocycles. The highest BCUT2D eigenvalue weighted by atomic mass is 32.2. The highest BCUT2D eigenvalue weighted by Gasteiger charge is 2.29. The fourth-order valence-corrected chi connectivity index (χ4v) is 3.99. The first-order valence-corrected chi connectivity index (χ1v) is 9.28. The lowest BCUT2D eigenvalue weighted by atomic mass is 9.92. The zero-order chi connectivity index (χ0) is 15.7. The summed E-state index contributed by atoms with van der Waals surface area (Å²) in [7, 11) is -0.324. The Bertz CT molecular complexity index is 620. The van der Waals surface area contributed by atoms with Crippen LogP contribution in [0.3, 0.4) is 0 Å². The Labute approximate surface area is 131 Å². The largest absolute Gasteiger partial charge is 0.361 e. The molecule has 3 rings (SSSR count). The van der Waals surface area contributed by atoms with Crippen molar-refractivity contribution in [1.29, 1.82) is 0 Å². The average molecular weight is 328 g/mol. The fourth-order valence-electron chi connectivity index (χ4n) is 3.16. The second kappa shape index (κ2) is 6.27. The van der Waals surface area contributed by atoms with E-state index < -0.39 is 10.2 Å². The van der Waals surface area contributed by atoms with E-state index in [-0.39, 0.29) is 6.04 Å². The van der Waals surface area contributed by atoms with Crippen LogP contribution in [0.4, 0.5) is 0 Å². The molecule has 2 aliphatic rings. The highest BCUT2D eigenvalue weighted by molar-refractivity contribution is 7.87. The third kappa shape index (κ3) is 3.34. The third-order valence-corrected chi connectivity index (χ3v) is 6.08. The lowest BCUT2D eigenvalue weighted by Crippen LogP contribution is -2.44. The molecular formula is C14H24N4O3S. The number of aromatic nitrogens is 1. The molecule has 1 aromatic rings. The summed E-state index contributed by atoms with van der Waals surface area (Å²) in [6.07, 6.45) is 4.63. The standard InChI is InChI=1S/C14H24N4O3S/c1-17(2)22(19,20)16-11-5-6-14-12(9-11)13(15-21-14)10-18-7-3-4-8-18/h11,16H,3-10H2,1-2H3. The molecule has 7 nitrogen and oxygen atoms in total. The Morgan fingerprint density at radius 3 is 2.77 bits per heavy atom. The molecule has 1 unspecified atom stereocenters. The summed E-state index contributed by atoms with van der Waals surface area (Å²) in [6.45, 7) is 3.03. The van der Waals surface area contributed by atoms with Crippen LogP contribution in [0.25, 0.3) is 0 Å². The van der Waals surface area contributed by atoms with E-state index in [0.29, 0.717) is 6.42 Å². The van der Waals surface area contributed by atoms with Crippen molar-refractivity contribution in [2.45, 2.75) is 44.7 Å². The monoisotopic (exact) mass is 328 g/mol. The number of hydrogen-bond donors (Lipinski definition) is 1. The van der Waals surface area contributed by atoms with Gasteiger partial charge in [-0.3, -0.25) is 4.90 Å². The molecule has 1 fully saturated rings. The van der Waals surface area contributed by atoms with Gasteiger partial charge in [-0.15, -0.1) is 0 Å². The molecule has 0 spiro atoms. The van der Waals surface area contributed by atoms with Gasteiger partial charge in [-0.2, -0.15) is 17.4 Å². The summed E-state index contributed by atoms with van der Waals surface area (Å²) in [5.74, 6) is 0.925. The van der Waals surface area contributed by atoms with Gasteiger partial charge < -0.3 is 4.52 Å². The van der Waals surface area contributed by atoms with E-state index in [9.17, 15) is 8.42 Å². The normalized spacial score (nSPS) is 23.1. The molecule has 1 aliphatic carbocycles. The highest BCUT2D eigenvalue weighted by Crippen LogP contribution is 2.26. The summed E-state index contributed by atoms with van der Waals surface area (Å²) < 4.78 is 33.4. The zero-order valence-electron chi connectivity index (χ0n) is 13.2. The molecule has 1 aliphatic heterocycles. The summed E-state index contributed by atoms with van der Waals surface area (Å²) in [5, 5.41) is 4.22. The maximum atomic E-state index is 12.0. The van der Waals surface area contributed by atoms with Crippen LogP contribution in [0, 0.1) is 0 Å². The first-order valence-electron chi connectivity index (χ1n) is 7.84. The topological polar surface area (TPSA) is 78.7 Å². The summed E-state index contributed by atoms with van der Waals surface area (Å²) >= 11 is 0. The predicted molar refractivity (Wildman–Crippen MR) is 82.6 cm³/mol. The molecule has 124 valence electrons. The van der Waals surface area contributed by atoms with Crippen molar-refractivity contribution < 1.29 is 12.9 Å². The molecule has 0 amide bonds. The molecule has 0 aromatic carbocycles. The van der Waals surface area contributed by atoms with Crippen molar-refractivity contribution in [1.82, 2.24) is 19.1 Å². The van der Waals surface area contributed by atoms with E-state index >= 15 is 0 Å². The fraction of sp³-hybridized carbons (Fsp3) is 0.786. The van der Waals surface area contributed by atoms with Crippen molar-refractivity contribution in [3.8, 4) is 0 Å². The van der Waals surface area contributed by atoms with Crippen molar-refractivity contribution in [2.24, 2.45) is 0 Å². The van der Waals surface area contributed by atoms with Gasteiger partial charge in [0.2, 0.25) is 0 Å². The Morgan fingerprint density at radius 1 is 1.36 bits per heavy atom. The van der Waals surface area contributed by atoms with Gasteiger partial charge in [0.1, 0.15) is 11.5 Å². The van der Waals surface area contributed by atoms with Gasteiger partial charge in [0.15, 0.2) is 0 Å². The minimum Gasteiger partial charge on any atom is -0.361 e. The number of hydrogen-bond acceptors (Lipinski definition) is 5. The van der Waals surface area contributed by atoms with Crippen LogP contribution in [-0.2, 0) is 29.6 Å². The Balaban J connectivity index is 1.70. The van der Waals surface area contributed by atoms with Crippen LogP contribution in [-0.4, -0.2) is 56.0 Å².